The van der Waals surface area contributed by atoms with E-state index in [1.807, 2.05) is 4.90 Å². The Hall–Kier alpha value is -3.52. The van der Waals surface area contributed by atoms with Gasteiger partial charge in [0.05, 0.1) is 21.5 Å². The second-order valence-electron chi connectivity index (χ2n) is 8.91. The van der Waals surface area contributed by atoms with Crippen molar-refractivity contribution in [2.75, 3.05) is 18.0 Å². The molecule has 0 radical (unpaired) electrons. The van der Waals surface area contributed by atoms with Gasteiger partial charge in [0.1, 0.15) is 16.5 Å². The van der Waals surface area contributed by atoms with Crippen LogP contribution in [0.3, 0.4) is 0 Å². The van der Waals surface area contributed by atoms with Gasteiger partial charge < -0.3 is 9.47 Å². The summed E-state index contributed by atoms with van der Waals surface area (Å²) < 4.78 is 57.3. The van der Waals surface area contributed by atoms with Crippen molar-refractivity contribution < 1.29 is 17.2 Å². The molecule has 4 aromatic rings. The van der Waals surface area contributed by atoms with Crippen LogP contribution in [0, 0.1) is 18.6 Å². The molecule has 35 heavy (non-hydrogen) atoms. The van der Waals surface area contributed by atoms with E-state index in [0.717, 1.165) is 24.5 Å². The van der Waals surface area contributed by atoms with E-state index in [0.29, 0.717) is 29.9 Å². The highest BCUT2D eigenvalue weighted by molar-refractivity contribution is 7.91. The number of anilines is 1. The average molecular weight is 495 g/mol. The summed E-state index contributed by atoms with van der Waals surface area (Å²) >= 11 is 0. The third-order valence-corrected chi connectivity index (χ3v) is 8.16. The van der Waals surface area contributed by atoms with Crippen molar-refractivity contribution >= 4 is 26.4 Å². The molecule has 0 spiro atoms. The lowest BCUT2D eigenvalue weighted by Crippen LogP contribution is -2.22. The molecule has 1 aliphatic rings. The lowest BCUT2D eigenvalue weighted by molar-refractivity contribution is 0.593. The number of aromatic nitrogens is 1. The third-order valence-electron chi connectivity index (χ3n) is 6.42. The number of benzene rings is 3. The molecule has 5 nitrogen and oxygen atoms in total. The molecule has 0 atom stereocenters. The zero-order valence-electron chi connectivity index (χ0n) is 19.2. The molecule has 1 aliphatic heterocycles. The fourth-order valence-electron chi connectivity index (χ4n) is 4.59. The minimum atomic E-state index is -4.17. The molecular formula is C27H24F2N2O3S. The van der Waals surface area contributed by atoms with Crippen molar-refractivity contribution in [2.45, 2.75) is 36.1 Å². The Morgan fingerprint density at radius 1 is 0.943 bits per heavy atom. The first kappa shape index (κ1) is 23.2. The van der Waals surface area contributed by atoms with Crippen LogP contribution in [-0.4, -0.2) is 26.1 Å². The largest absolute Gasteiger partial charge is 0.369 e. The van der Waals surface area contributed by atoms with Crippen LogP contribution in [0.15, 0.2) is 81.4 Å². The van der Waals surface area contributed by atoms with Crippen molar-refractivity contribution in [3.05, 3.63) is 99.8 Å². The van der Waals surface area contributed by atoms with Crippen LogP contribution in [0.2, 0.25) is 0 Å². The maximum absolute atomic E-state index is 15.2. The Balaban J connectivity index is 1.76. The fourth-order valence-corrected chi connectivity index (χ4v) is 6.06. The SMILES string of the molecule is Cc1cccc(S(=O)(=O)c2cn(Cc3ccc(F)cc3)c3cc(N4CCCC4)c(F)cc3c2=O)c1. The summed E-state index contributed by atoms with van der Waals surface area (Å²) in [6, 6.07) is 14.9. The van der Waals surface area contributed by atoms with Gasteiger partial charge in [0, 0.05) is 25.8 Å². The smallest absolute Gasteiger partial charge is 0.211 e. The Kier molecular flexibility index (Phi) is 5.92. The van der Waals surface area contributed by atoms with Gasteiger partial charge in [0.15, 0.2) is 0 Å². The van der Waals surface area contributed by atoms with Crippen LogP contribution in [0.25, 0.3) is 10.9 Å². The summed E-state index contributed by atoms with van der Waals surface area (Å²) in [6.07, 6.45) is 3.22. The normalized spacial score (nSPS) is 14.1. The lowest BCUT2D eigenvalue weighted by Gasteiger charge is -2.21. The lowest BCUT2D eigenvalue weighted by atomic mass is 10.1. The maximum Gasteiger partial charge on any atom is 0.211 e. The van der Waals surface area contributed by atoms with Crippen LogP contribution in [-0.2, 0) is 16.4 Å². The Labute approximate surface area is 202 Å². The van der Waals surface area contributed by atoms with E-state index in [1.165, 1.54) is 30.5 Å². The molecule has 3 aromatic carbocycles. The van der Waals surface area contributed by atoms with Crippen LogP contribution in [0.5, 0.6) is 0 Å². The highest BCUT2D eigenvalue weighted by Crippen LogP contribution is 2.30. The van der Waals surface area contributed by atoms with E-state index in [-0.39, 0.29) is 22.6 Å². The minimum absolute atomic E-state index is 0.00330. The zero-order valence-corrected chi connectivity index (χ0v) is 20.0. The monoisotopic (exact) mass is 494 g/mol. The number of halogens is 2. The summed E-state index contributed by atoms with van der Waals surface area (Å²) in [4.78, 5) is 14.9. The quantitative estimate of drug-likeness (QED) is 0.389. The Morgan fingerprint density at radius 2 is 1.66 bits per heavy atom. The van der Waals surface area contributed by atoms with Crippen molar-refractivity contribution in [3.63, 3.8) is 0 Å². The molecule has 0 bridgehead atoms. The first-order valence-electron chi connectivity index (χ1n) is 11.4. The first-order valence-corrected chi connectivity index (χ1v) is 12.9. The van der Waals surface area contributed by atoms with Crippen molar-refractivity contribution in [1.29, 1.82) is 0 Å². The predicted molar refractivity (Wildman–Crippen MR) is 132 cm³/mol. The maximum atomic E-state index is 15.2. The molecule has 2 heterocycles. The number of hydrogen-bond donors (Lipinski definition) is 0. The molecule has 8 heteroatoms. The molecule has 0 aliphatic carbocycles. The van der Waals surface area contributed by atoms with E-state index in [1.54, 1.807) is 41.8 Å². The van der Waals surface area contributed by atoms with Gasteiger partial charge in [-0.25, -0.2) is 17.2 Å². The molecule has 180 valence electrons. The van der Waals surface area contributed by atoms with Crippen LogP contribution >= 0.6 is 0 Å². The van der Waals surface area contributed by atoms with Gasteiger partial charge in [0.2, 0.25) is 15.3 Å². The molecule has 0 saturated carbocycles. The predicted octanol–water partition coefficient (Wildman–Crippen LogP) is 5.07. The van der Waals surface area contributed by atoms with Gasteiger partial charge in [-0.1, -0.05) is 24.3 Å². The van der Waals surface area contributed by atoms with Crippen LogP contribution in [0.4, 0.5) is 14.5 Å². The van der Waals surface area contributed by atoms with Crippen molar-refractivity contribution in [1.82, 2.24) is 4.57 Å². The minimum Gasteiger partial charge on any atom is -0.369 e. The number of pyridine rings is 1. The first-order chi connectivity index (χ1) is 16.7. The highest BCUT2D eigenvalue weighted by Gasteiger charge is 2.26. The molecule has 1 fully saturated rings. The molecule has 0 unspecified atom stereocenters. The van der Waals surface area contributed by atoms with Gasteiger partial charge in [0.25, 0.3) is 0 Å². The highest BCUT2D eigenvalue weighted by atomic mass is 32.2. The van der Waals surface area contributed by atoms with Gasteiger partial charge in [-0.15, -0.1) is 0 Å². The molecule has 1 saturated heterocycles. The van der Waals surface area contributed by atoms with Crippen LogP contribution < -0.4 is 10.3 Å². The molecule has 1 aromatic heterocycles. The van der Waals surface area contributed by atoms with Gasteiger partial charge in [-0.3, -0.25) is 4.79 Å². The van der Waals surface area contributed by atoms with Gasteiger partial charge in [-0.05, 0) is 67.3 Å². The summed E-state index contributed by atoms with van der Waals surface area (Å²) in [6.45, 7) is 3.37. The standard InChI is InChI=1S/C27H24F2N2O3S/c1-18-5-4-6-21(13-18)35(33,34)26-17-31(16-19-7-9-20(28)10-8-19)24-15-25(30-11-2-3-12-30)23(29)14-22(24)27(26)32/h4-10,13-15,17H,2-3,11-12,16H2,1H3. The number of nitrogens with zero attached hydrogens (tertiary/aromatic N) is 2. The Bertz CT molecular complexity index is 1590. The van der Waals surface area contributed by atoms with Crippen molar-refractivity contribution in [3.8, 4) is 0 Å². The molecular weight excluding hydrogens is 470 g/mol. The second kappa shape index (κ2) is 8.92. The van der Waals surface area contributed by atoms with Crippen LogP contribution in [0.1, 0.15) is 24.0 Å². The number of hydrogen-bond acceptors (Lipinski definition) is 4. The van der Waals surface area contributed by atoms with E-state index in [2.05, 4.69) is 0 Å². The fraction of sp³-hybridized carbons (Fsp3) is 0.222. The van der Waals surface area contributed by atoms with E-state index < -0.39 is 26.0 Å². The Morgan fingerprint density at radius 3 is 2.34 bits per heavy atom. The number of sulfone groups is 1. The molecule has 0 amide bonds. The summed E-state index contributed by atoms with van der Waals surface area (Å²) in [5.41, 5.74) is 1.51. The van der Waals surface area contributed by atoms with E-state index >= 15 is 4.39 Å². The third kappa shape index (κ3) is 4.34. The molecule has 5 rings (SSSR count). The molecule has 0 N–H and O–H groups in total. The summed E-state index contributed by atoms with van der Waals surface area (Å²) in [7, 11) is -4.17. The summed E-state index contributed by atoms with van der Waals surface area (Å²) in [5.74, 6) is -0.949. The second-order valence-corrected chi connectivity index (χ2v) is 10.8. The van der Waals surface area contributed by atoms with Gasteiger partial charge in [-0.2, -0.15) is 0 Å². The topological polar surface area (TPSA) is 59.4 Å². The van der Waals surface area contributed by atoms with E-state index in [9.17, 15) is 17.6 Å². The number of aryl methyl sites for hydroxylation is 1. The summed E-state index contributed by atoms with van der Waals surface area (Å²) in [5, 5.41) is -0.0127. The van der Waals surface area contributed by atoms with E-state index in [4.69, 9.17) is 0 Å². The van der Waals surface area contributed by atoms with Crippen molar-refractivity contribution in [2.24, 2.45) is 0 Å². The number of fused-ring (bicyclic) bond motifs is 1. The van der Waals surface area contributed by atoms with Gasteiger partial charge >= 0.3 is 0 Å². The average Bonchev–Trinajstić information content (AvgIpc) is 3.36. The zero-order chi connectivity index (χ0) is 24.7. The number of rotatable bonds is 5.